The van der Waals surface area contributed by atoms with Gasteiger partial charge in [-0.3, -0.25) is 4.79 Å². The van der Waals surface area contributed by atoms with Crippen LogP contribution >= 0.6 is 0 Å². The van der Waals surface area contributed by atoms with Crippen LogP contribution in [-0.2, 0) is 6.54 Å². The maximum Gasteiger partial charge on any atom is 0.268 e. The standard InChI is InChI=1S/C18H20N2O2/c1-3-9-19-18(21)16-11-17-15(10-13(2)22-17)20(16)12-14-7-5-4-6-8-14/h4-8,10-11H,3,9,12H2,1-2H3,(H,19,21). The summed E-state index contributed by atoms with van der Waals surface area (Å²) < 4.78 is 7.70. The Bertz CT molecular complexity index is 784. The van der Waals surface area contributed by atoms with E-state index < -0.39 is 0 Å². The third-order valence-electron chi connectivity index (χ3n) is 3.66. The Morgan fingerprint density at radius 2 is 2.00 bits per heavy atom. The molecule has 3 aromatic rings. The first-order valence-corrected chi connectivity index (χ1v) is 7.61. The number of carbonyl (C=O) groups is 1. The summed E-state index contributed by atoms with van der Waals surface area (Å²) in [7, 11) is 0. The van der Waals surface area contributed by atoms with Gasteiger partial charge < -0.3 is 14.3 Å². The number of aryl methyl sites for hydroxylation is 1. The third-order valence-corrected chi connectivity index (χ3v) is 3.66. The average Bonchev–Trinajstić information content (AvgIpc) is 3.03. The minimum atomic E-state index is -0.0539. The van der Waals surface area contributed by atoms with Gasteiger partial charge in [0.15, 0.2) is 5.58 Å². The minimum Gasteiger partial charge on any atom is -0.460 e. The van der Waals surface area contributed by atoms with Crippen LogP contribution < -0.4 is 5.32 Å². The molecule has 0 radical (unpaired) electrons. The van der Waals surface area contributed by atoms with Gasteiger partial charge in [0.2, 0.25) is 0 Å². The molecular weight excluding hydrogens is 276 g/mol. The molecule has 0 spiro atoms. The topological polar surface area (TPSA) is 47.2 Å². The van der Waals surface area contributed by atoms with Crippen molar-refractivity contribution in [1.29, 1.82) is 0 Å². The normalized spacial score (nSPS) is 11.0. The molecule has 1 aromatic carbocycles. The van der Waals surface area contributed by atoms with Crippen molar-refractivity contribution in [2.24, 2.45) is 0 Å². The lowest BCUT2D eigenvalue weighted by atomic mass is 10.2. The molecule has 0 aliphatic carbocycles. The number of furan rings is 1. The van der Waals surface area contributed by atoms with Gasteiger partial charge in [0, 0.05) is 25.2 Å². The van der Waals surface area contributed by atoms with E-state index >= 15 is 0 Å². The van der Waals surface area contributed by atoms with Gasteiger partial charge in [-0.2, -0.15) is 0 Å². The van der Waals surface area contributed by atoms with E-state index in [1.165, 1.54) is 0 Å². The fraction of sp³-hybridized carbons (Fsp3) is 0.278. The number of aromatic nitrogens is 1. The van der Waals surface area contributed by atoms with Crippen molar-refractivity contribution in [3.05, 3.63) is 59.5 Å². The first-order chi connectivity index (χ1) is 10.7. The molecule has 0 fully saturated rings. The summed E-state index contributed by atoms with van der Waals surface area (Å²) in [6.45, 7) is 5.29. The molecule has 1 N–H and O–H groups in total. The van der Waals surface area contributed by atoms with Crippen LogP contribution in [0.4, 0.5) is 0 Å². The largest absolute Gasteiger partial charge is 0.460 e. The summed E-state index contributed by atoms with van der Waals surface area (Å²) in [5.74, 6) is 0.800. The molecule has 0 unspecified atom stereocenters. The highest BCUT2D eigenvalue weighted by Gasteiger charge is 2.18. The molecule has 4 nitrogen and oxygen atoms in total. The molecule has 0 saturated heterocycles. The summed E-state index contributed by atoms with van der Waals surface area (Å²) in [6.07, 6.45) is 0.917. The van der Waals surface area contributed by atoms with Crippen molar-refractivity contribution in [2.75, 3.05) is 6.54 Å². The highest BCUT2D eigenvalue weighted by atomic mass is 16.3. The lowest BCUT2D eigenvalue weighted by Crippen LogP contribution is -2.26. The van der Waals surface area contributed by atoms with E-state index in [0.717, 1.165) is 28.8 Å². The highest BCUT2D eigenvalue weighted by molar-refractivity contribution is 5.97. The second-order valence-corrected chi connectivity index (χ2v) is 5.46. The molecule has 3 rings (SSSR count). The Kier molecular flexibility index (Phi) is 4.00. The molecule has 0 aliphatic rings. The van der Waals surface area contributed by atoms with Crippen LogP contribution in [0.5, 0.6) is 0 Å². The number of fused-ring (bicyclic) bond motifs is 1. The van der Waals surface area contributed by atoms with E-state index in [1.54, 1.807) is 0 Å². The Hall–Kier alpha value is -2.49. The fourth-order valence-electron chi connectivity index (χ4n) is 2.62. The van der Waals surface area contributed by atoms with Crippen LogP contribution in [0.2, 0.25) is 0 Å². The smallest absolute Gasteiger partial charge is 0.268 e. The zero-order chi connectivity index (χ0) is 15.5. The number of nitrogens with one attached hydrogen (secondary N) is 1. The van der Waals surface area contributed by atoms with E-state index in [1.807, 2.05) is 48.7 Å². The van der Waals surface area contributed by atoms with Gasteiger partial charge in [-0.05, 0) is 18.9 Å². The lowest BCUT2D eigenvalue weighted by molar-refractivity contribution is 0.0945. The molecule has 22 heavy (non-hydrogen) atoms. The molecule has 0 atom stereocenters. The van der Waals surface area contributed by atoms with Gasteiger partial charge in [0.05, 0.1) is 5.52 Å². The average molecular weight is 296 g/mol. The summed E-state index contributed by atoms with van der Waals surface area (Å²) in [5.41, 5.74) is 3.52. The highest BCUT2D eigenvalue weighted by Crippen LogP contribution is 2.24. The molecule has 4 heteroatoms. The Morgan fingerprint density at radius 1 is 1.23 bits per heavy atom. The van der Waals surface area contributed by atoms with E-state index in [9.17, 15) is 4.79 Å². The van der Waals surface area contributed by atoms with Crippen LogP contribution in [0.3, 0.4) is 0 Å². The number of nitrogens with zero attached hydrogens (tertiary/aromatic N) is 1. The van der Waals surface area contributed by atoms with Crippen LogP contribution in [0.15, 0.2) is 46.9 Å². The van der Waals surface area contributed by atoms with Crippen LogP contribution in [0.1, 0.15) is 35.2 Å². The van der Waals surface area contributed by atoms with Crippen molar-refractivity contribution < 1.29 is 9.21 Å². The molecule has 0 aliphatic heterocycles. The van der Waals surface area contributed by atoms with E-state index in [-0.39, 0.29) is 5.91 Å². The molecule has 114 valence electrons. The van der Waals surface area contributed by atoms with Crippen molar-refractivity contribution in [3.8, 4) is 0 Å². The van der Waals surface area contributed by atoms with Crippen LogP contribution in [-0.4, -0.2) is 17.0 Å². The van der Waals surface area contributed by atoms with Crippen molar-refractivity contribution >= 4 is 17.0 Å². The first kappa shape index (κ1) is 14.4. The van der Waals surface area contributed by atoms with Crippen molar-refractivity contribution in [2.45, 2.75) is 26.8 Å². The van der Waals surface area contributed by atoms with Gasteiger partial charge in [0.25, 0.3) is 5.91 Å². The quantitative estimate of drug-likeness (QED) is 0.780. The van der Waals surface area contributed by atoms with Gasteiger partial charge in [-0.25, -0.2) is 0 Å². The SMILES string of the molecule is CCCNC(=O)c1cc2oc(C)cc2n1Cc1ccccc1. The predicted octanol–water partition coefficient (Wildman–Crippen LogP) is 3.73. The van der Waals surface area contributed by atoms with Gasteiger partial charge in [-0.15, -0.1) is 0 Å². The van der Waals surface area contributed by atoms with Crippen molar-refractivity contribution in [1.82, 2.24) is 9.88 Å². The molecule has 2 heterocycles. The molecular formula is C18H20N2O2. The van der Waals surface area contributed by atoms with Crippen LogP contribution in [0.25, 0.3) is 11.1 Å². The summed E-state index contributed by atoms with van der Waals surface area (Å²) in [5, 5.41) is 2.94. The zero-order valence-corrected chi connectivity index (χ0v) is 12.9. The lowest BCUT2D eigenvalue weighted by Gasteiger charge is -2.10. The maximum atomic E-state index is 12.4. The third kappa shape index (κ3) is 2.77. The molecule has 0 bridgehead atoms. The van der Waals surface area contributed by atoms with Gasteiger partial charge in [-0.1, -0.05) is 37.3 Å². The minimum absolute atomic E-state index is 0.0539. The van der Waals surface area contributed by atoms with Gasteiger partial charge >= 0.3 is 0 Å². The van der Waals surface area contributed by atoms with Gasteiger partial charge in [0.1, 0.15) is 11.5 Å². The number of rotatable bonds is 5. The summed E-state index contributed by atoms with van der Waals surface area (Å²) >= 11 is 0. The Labute approximate surface area is 129 Å². The van der Waals surface area contributed by atoms with Crippen LogP contribution in [0, 0.1) is 6.92 Å². The summed E-state index contributed by atoms with van der Waals surface area (Å²) in [4.78, 5) is 12.4. The number of benzene rings is 1. The fourth-order valence-corrected chi connectivity index (χ4v) is 2.62. The summed E-state index contributed by atoms with van der Waals surface area (Å²) in [6, 6.07) is 13.9. The number of hydrogen-bond donors (Lipinski definition) is 1. The Morgan fingerprint density at radius 3 is 2.73 bits per heavy atom. The number of carbonyl (C=O) groups excluding carboxylic acids is 1. The van der Waals surface area contributed by atoms with E-state index in [2.05, 4.69) is 17.4 Å². The zero-order valence-electron chi connectivity index (χ0n) is 12.9. The second-order valence-electron chi connectivity index (χ2n) is 5.46. The number of hydrogen-bond acceptors (Lipinski definition) is 2. The predicted molar refractivity (Wildman–Crippen MR) is 87.1 cm³/mol. The molecule has 0 saturated carbocycles. The second kappa shape index (κ2) is 6.10. The monoisotopic (exact) mass is 296 g/mol. The number of amides is 1. The Balaban J connectivity index is 2.01. The van der Waals surface area contributed by atoms with E-state index in [4.69, 9.17) is 4.42 Å². The first-order valence-electron chi connectivity index (χ1n) is 7.61. The molecule has 2 aromatic heterocycles. The van der Waals surface area contributed by atoms with E-state index in [0.29, 0.717) is 18.8 Å². The molecule has 1 amide bonds. The maximum absolute atomic E-state index is 12.4. The van der Waals surface area contributed by atoms with Crippen molar-refractivity contribution in [3.63, 3.8) is 0 Å².